The van der Waals surface area contributed by atoms with E-state index in [0.717, 1.165) is 15.8 Å². The molecular weight excluding hydrogens is 282 g/mol. The van der Waals surface area contributed by atoms with Crippen LogP contribution in [0.1, 0.15) is 5.56 Å². The van der Waals surface area contributed by atoms with Crippen molar-refractivity contribution in [3.05, 3.63) is 52.6 Å². The van der Waals surface area contributed by atoms with E-state index < -0.39 is 0 Å². The van der Waals surface area contributed by atoms with E-state index in [9.17, 15) is 0 Å². The molecule has 1 aromatic carbocycles. The van der Waals surface area contributed by atoms with Crippen molar-refractivity contribution >= 4 is 15.9 Å². The summed E-state index contributed by atoms with van der Waals surface area (Å²) in [5.74, 6) is 1.42. The Bertz CT molecular complexity index is 502. The van der Waals surface area contributed by atoms with Crippen molar-refractivity contribution in [3.63, 3.8) is 0 Å². The van der Waals surface area contributed by atoms with Gasteiger partial charge in [-0.1, -0.05) is 12.1 Å². The molecule has 0 aliphatic heterocycles. The standard InChI is InChI=1S/C13H12BrNO2/c1-16-11-5-2-4-10(8-11)9-17-13-12(14)6-3-7-15-13/h2-8H,9H2,1H3. The first-order valence-electron chi connectivity index (χ1n) is 5.16. The summed E-state index contributed by atoms with van der Waals surface area (Å²) in [4.78, 5) is 4.14. The van der Waals surface area contributed by atoms with Gasteiger partial charge in [0.1, 0.15) is 12.4 Å². The molecule has 88 valence electrons. The Morgan fingerprint density at radius 2 is 2.12 bits per heavy atom. The van der Waals surface area contributed by atoms with Crippen LogP contribution in [0.4, 0.5) is 0 Å². The summed E-state index contributed by atoms with van der Waals surface area (Å²) in [6.45, 7) is 0.465. The normalized spacial score (nSPS) is 10.0. The quantitative estimate of drug-likeness (QED) is 0.865. The van der Waals surface area contributed by atoms with Gasteiger partial charge in [0, 0.05) is 6.20 Å². The zero-order valence-corrected chi connectivity index (χ0v) is 11.0. The van der Waals surface area contributed by atoms with E-state index >= 15 is 0 Å². The minimum Gasteiger partial charge on any atom is -0.497 e. The molecule has 0 aliphatic carbocycles. The molecule has 3 nitrogen and oxygen atoms in total. The molecule has 0 aliphatic rings. The number of hydrogen-bond donors (Lipinski definition) is 0. The molecular formula is C13H12BrNO2. The van der Waals surface area contributed by atoms with Crippen LogP contribution in [0.15, 0.2) is 47.1 Å². The lowest BCUT2D eigenvalue weighted by atomic mass is 10.2. The maximum atomic E-state index is 5.61. The van der Waals surface area contributed by atoms with Crippen LogP contribution in [0, 0.1) is 0 Å². The summed E-state index contributed by atoms with van der Waals surface area (Å²) in [5, 5.41) is 0. The number of halogens is 1. The van der Waals surface area contributed by atoms with Crippen LogP contribution in [0.5, 0.6) is 11.6 Å². The van der Waals surface area contributed by atoms with Crippen molar-refractivity contribution in [3.8, 4) is 11.6 Å². The molecule has 0 fully saturated rings. The second-order valence-corrected chi connectivity index (χ2v) is 4.28. The zero-order chi connectivity index (χ0) is 12.1. The maximum Gasteiger partial charge on any atom is 0.228 e. The van der Waals surface area contributed by atoms with Crippen molar-refractivity contribution in [2.45, 2.75) is 6.61 Å². The fourth-order valence-corrected chi connectivity index (χ4v) is 1.76. The van der Waals surface area contributed by atoms with E-state index in [1.165, 1.54) is 0 Å². The molecule has 0 amide bonds. The number of pyridine rings is 1. The van der Waals surface area contributed by atoms with Crippen LogP contribution in [0.3, 0.4) is 0 Å². The van der Waals surface area contributed by atoms with Crippen LogP contribution >= 0.6 is 15.9 Å². The molecule has 1 heterocycles. The fraction of sp³-hybridized carbons (Fsp3) is 0.154. The summed E-state index contributed by atoms with van der Waals surface area (Å²) in [6, 6.07) is 11.5. The molecule has 0 bridgehead atoms. The largest absolute Gasteiger partial charge is 0.497 e. The fourth-order valence-electron chi connectivity index (χ4n) is 1.39. The molecule has 1 aromatic heterocycles. The van der Waals surface area contributed by atoms with E-state index in [1.54, 1.807) is 13.3 Å². The molecule has 0 unspecified atom stereocenters. The Balaban J connectivity index is 2.05. The van der Waals surface area contributed by atoms with Crippen molar-refractivity contribution in [2.75, 3.05) is 7.11 Å². The Kier molecular flexibility index (Phi) is 3.98. The van der Waals surface area contributed by atoms with Gasteiger partial charge in [-0.05, 0) is 45.8 Å². The molecule has 2 rings (SSSR count). The third kappa shape index (κ3) is 3.20. The summed E-state index contributed by atoms with van der Waals surface area (Å²) < 4.78 is 11.6. The molecule has 0 spiro atoms. The number of aromatic nitrogens is 1. The van der Waals surface area contributed by atoms with E-state index in [4.69, 9.17) is 9.47 Å². The van der Waals surface area contributed by atoms with Crippen LogP contribution in [-0.4, -0.2) is 12.1 Å². The van der Waals surface area contributed by atoms with E-state index in [1.807, 2.05) is 36.4 Å². The van der Waals surface area contributed by atoms with Crippen molar-refractivity contribution < 1.29 is 9.47 Å². The lowest BCUT2D eigenvalue weighted by molar-refractivity contribution is 0.291. The average molecular weight is 294 g/mol. The first-order chi connectivity index (χ1) is 8.29. The topological polar surface area (TPSA) is 31.4 Å². The number of rotatable bonds is 4. The van der Waals surface area contributed by atoms with E-state index in [2.05, 4.69) is 20.9 Å². The summed E-state index contributed by atoms with van der Waals surface area (Å²) in [6.07, 6.45) is 1.70. The Hall–Kier alpha value is -1.55. The number of benzene rings is 1. The molecule has 4 heteroatoms. The van der Waals surface area contributed by atoms with Crippen LogP contribution < -0.4 is 9.47 Å². The second kappa shape index (κ2) is 5.68. The van der Waals surface area contributed by atoms with Gasteiger partial charge < -0.3 is 9.47 Å². The Labute approximate surface area is 109 Å². The summed E-state index contributed by atoms with van der Waals surface area (Å²) >= 11 is 3.39. The monoisotopic (exact) mass is 293 g/mol. The number of nitrogens with zero attached hydrogens (tertiary/aromatic N) is 1. The van der Waals surface area contributed by atoms with Gasteiger partial charge in [0.15, 0.2) is 0 Å². The molecule has 0 saturated heterocycles. The molecule has 2 aromatic rings. The van der Waals surface area contributed by atoms with Gasteiger partial charge in [-0.15, -0.1) is 0 Å². The average Bonchev–Trinajstić information content (AvgIpc) is 2.38. The minimum atomic E-state index is 0.465. The van der Waals surface area contributed by atoms with E-state index in [0.29, 0.717) is 12.5 Å². The first kappa shape index (κ1) is 11.9. The molecule has 0 N–H and O–H groups in total. The summed E-state index contributed by atoms with van der Waals surface area (Å²) in [7, 11) is 1.65. The number of hydrogen-bond acceptors (Lipinski definition) is 3. The van der Waals surface area contributed by atoms with Gasteiger partial charge in [0.2, 0.25) is 5.88 Å². The molecule has 0 saturated carbocycles. The lowest BCUT2D eigenvalue weighted by Crippen LogP contribution is -1.98. The zero-order valence-electron chi connectivity index (χ0n) is 9.39. The molecule has 0 radical (unpaired) electrons. The number of ether oxygens (including phenoxy) is 2. The Morgan fingerprint density at radius 3 is 2.88 bits per heavy atom. The molecule has 17 heavy (non-hydrogen) atoms. The van der Waals surface area contributed by atoms with Crippen LogP contribution in [0.2, 0.25) is 0 Å². The molecule has 0 atom stereocenters. The van der Waals surface area contributed by atoms with Gasteiger partial charge in [0.25, 0.3) is 0 Å². The van der Waals surface area contributed by atoms with Crippen LogP contribution in [0.25, 0.3) is 0 Å². The Morgan fingerprint density at radius 1 is 1.24 bits per heavy atom. The van der Waals surface area contributed by atoms with Crippen molar-refractivity contribution in [1.29, 1.82) is 0 Å². The third-order valence-electron chi connectivity index (χ3n) is 2.23. The van der Waals surface area contributed by atoms with Gasteiger partial charge in [0.05, 0.1) is 11.6 Å². The predicted octanol–water partition coefficient (Wildman–Crippen LogP) is 3.43. The summed E-state index contributed by atoms with van der Waals surface area (Å²) in [5.41, 5.74) is 1.04. The van der Waals surface area contributed by atoms with Gasteiger partial charge in [-0.2, -0.15) is 0 Å². The smallest absolute Gasteiger partial charge is 0.228 e. The van der Waals surface area contributed by atoms with Gasteiger partial charge in [-0.25, -0.2) is 4.98 Å². The highest BCUT2D eigenvalue weighted by Crippen LogP contribution is 2.22. The SMILES string of the molecule is COc1cccc(COc2ncccc2Br)c1. The highest BCUT2D eigenvalue weighted by molar-refractivity contribution is 9.10. The highest BCUT2D eigenvalue weighted by atomic mass is 79.9. The maximum absolute atomic E-state index is 5.61. The van der Waals surface area contributed by atoms with Crippen LogP contribution in [-0.2, 0) is 6.61 Å². The number of methoxy groups -OCH3 is 1. The predicted molar refractivity (Wildman–Crippen MR) is 69.3 cm³/mol. The highest BCUT2D eigenvalue weighted by Gasteiger charge is 2.02. The van der Waals surface area contributed by atoms with Crippen molar-refractivity contribution in [1.82, 2.24) is 4.98 Å². The third-order valence-corrected chi connectivity index (χ3v) is 2.84. The van der Waals surface area contributed by atoms with Gasteiger partial charge >= 0.3 is 0 Å². The van der Waals surface area contributed by atoms with Crippen molar-refractivity contribution in [2.24, 2.45) is 0 Å². The first-order valence-corrected chi connectivity index (χ1v) is 5.95. The van der Waals surface area contributed by atoms with Gasteiger partial charge in [-0.3, -0.25) is 0 Å². The lowest BCUT2D eigenvalue weighted by Gasteiger charge is -2.07. The minimum absolute atomic E-state index is 0.465. The second-order valence-electron chi connectivity index (χ2n) is 3.43. The van der Waals surface area contributed by atoms with E-state index in [-0.39, 0.29) is 0 Å².